The van der Waals surface area contributed by atoms with Gasteiger partial charge in [-0.15, -0.1) is 0 Å². The van der Waals surface area contributed by atoms with Crippen LogP contribution >= 0.6 is 0 Å². The lowest BCUT2D eigenvalue weighted by molar-refractivity contribution is 0.760. The molecule has 0 rings (SSSR count). The first-order valence-electron chi connectivity index (χ1n) is 5.02. The lowest BCUT2D eigenvalue weighted by Crippen LogP contribution is -1.69. The number of allylic oxidation sites excluding steroid dienone is 4. The van der Waals surface area contributed by atoms with E-state index >= 15 is 0 Å². The molecule has 0 aliphatic rings. The summed E-state index contributed by atoms with van der Waals surface area (Å²) in [4.78, 5) is 0. The highest BCUT2D eigenvalue weighted by Gasteiger charge is 1.79. The maximum atomic E-state index is 3.81. The Morgan fingerprint density at radius 3 is 2.25 bits per heavy atom. The summed E-state index contributed by atoms with van der Waals surface area (Å²) in [6.07, 6.45) is 16.0. The molecule has 12 heavy (non-hydrogen) atoms. The summed E-state index contributed by atoms with van der Waals surface area (Å²) in [5, 5.41) is 0. The number of unbranched alkanes of at least 4 members (excludes halogenated alkanes) is 4. The molecule has 0 aromatic rings. The highest BCUT2D eigenvalue weighted by atomic mass is 13.9. The predicted molar refractivity (Wildman–Crippen MR) is 57.0 cm³/mol. The monoisotopic (exact) mass is 165 g/mol. The normalized spacial score (nSPS) is 11.8. The molecule has 0 aliphatic heterocycles. The molecule has 0 aliphatic carbocycles. The third-order valence-corrected chi connectivity index (χ3v) is 1.71. The Morgan fingerprint density at radius 1 is 1.00 bits per heavy atom. The molecule has 0 atom stereocenters. The highest BCUT2D eigenvalue weighted by Crippen LogP contribution is 1.99. The quantitative estimate of drug-likeness (QED) is 0.390. The van der Waals surface area contributed by atoms with Crippen LogP contribution in [0.3, 0.4) is 0 Å². The van der Waals surface area contributed by atoms with Crippen LogP contribution in [0.1, 0.15) is 45.4 Å². The Morgan fingerprint density at radius 2 is 1.67 bits per heavy atom. The fourth-order valence-corrected chi connectivity index (χ4v) is 0.955. The van der Waals surface area contributed by atoms with Crippen molar-refractivity contribution in [1.29, 1.82) is 0 Å². The fraction of sp³-hybridized carbons (Fsp3) is 0.583. The van der Waals surface area contributed by atoms with Crippen molar-refractivity contribution in [3.05, 3.63) is 31.2 Å². The van der Waals surface area contributed by atoms with Crippen molar-refractivity contribution >= 4 is 0 Å². The van der Waals surface area contributed by atoms with E-state index in [9.17, 15) is 0 Å². The second-order valence-corrected chi connectivity index (χ2v) is 2.99. The van der Waals surface area contributed by atoms with E-state index in [1.54, 1.807) is 0 Å². The van der Waals surface area contributed by atoms with Gasteiger partial charge >= 0.3 is 0 Å². The van der Waals surface area contributed by atoms with Crippen molar-refractivity contribution in [2.24, 2.45) is 0 Å². The van der Waals surface area contributed by atoms with Gasteiger partial charge in [-0.05, 0) is 19.3 Å². The van der Waals surface area contributed by atoms with Crippen molar-refractivity contribution in [3.63, 3.8) is 0 Å². The third kappa shape index (κ3) is 9.48. The van der Waals surface area contributed by atoms with Crippen molar-refractivity contribution < 1.29 is 0 Å². The Bertz CT molecular complexity index is 120. The SMILES string of the molecule is [CH2]CCCC/C=C/C=C/CCC. The zero-order chi connectivity index (χ0) is 9.07. The lowest BCUT2D eigenvalue weighted by atomic mass is 10.2. The summed E-state index contributed by atoms with van der Waals surface area (Å²) >= 11 is 0. The summed E-state index contributed by atoms with van der Waals surface area (Å²) in [7, 11) is 0. The van der Waals surface area contributed by atoms with Crippen LogP contribution < -0.4 is 0 Å². The molecular formula is C12H21. The van der Waals surface area contributed by atoms with Crippen molar-refractivity contribution in [2.45, 2.75) is 45.4 Å². The molecule has 0 saturated heterocycles. The minimum atomic E-state index is 1.07. The van der Waals surface area contributed by atoms with Gasteiger partial charge in [-0.25, -0.2) is 0 Å². The molecule has 0 aromatic heterocycles. The first-order valence-corrected chi connectivity index (χ1v) is 5.02. The van der Waals surface area contributed by atoms with E-state index in [1.807, 2.05) is 0 Å². The molecule has 0 nitrogen and oxygen atoms in total. The first-order chi connectivity index (χ1) is 5.91. The van der Waals surface area contributed by atoms with Crippen LogP contribution in [-0.2, 0) is 0 Å². The molecule has 0 spiro atoms. The molecule has 0 saturated carbocycles. The van der Waals surface area contributed by atoms with Gasteiger partial charge in [-0.2, -0.15) is 0 Å². The molecule has 0 heterocycles. The highest BCUT2D eigenvalue weighted by molar-refractivity contribution is 5.01. The van der Waals surface area contributed by atoms with E-state index in [2.05, 4.69) is 38.2 Å². The van der Waals surface area contributed by atoms with Gasteiger partial charge in [0.05, 0.1) is 0 Å². The van der Waals surface area contributed by atoms with Crippen LogP contribution in [0.15, 0.2) is 24.3 Å². The van der Waals surface area contributed by atoms with Crippen molar-refractivity contribution in [2.75, 3.05) is 0 Å². The third-order valence-electron chi connectivity index (χ3n) is 1.71. The summed E-state index contributed by atoms with van der Waals surface area (Å²) in [6, 6.07) is 0. The zero-order valence-corrected chi connectivity index (χ0v) is 8.26. The maximum Gasteiger partial charge on any atom is -0.0348 e. The second kappa shape index (κ2) is 10.5. The number of hydrogen-bond donors (Lipinski definition) is 0. The van der Waals surface area contributed by atoms with Gasteiger partial charge in [-0.1, -0.05) is 57.4 Å². The van der Waals surface area contributed by atoms with Crippen LogP contribution in [0.25, 0.3) is 0 Å². The molecule has 1 radical (unpaired) electrons. The minimum absolute atomic E-state index is 1.07. The predicted octanol–water partition coefficient (Wildman–Crippen LogP) is 4.29. The van der Waals surface area contributed by atoms with E-state index in [4.69, 9.17) is 0 Å². The maximum absolute atomic E-state index is 3.81. The van der Waals surface area contributed by atoms with Gasteiger partial charge in [-0.3, -0.25) is 0 Å². The molecule has 0 aromatic carbocycles. The average Bonchev–Trinajstić information content (AvgIpc) is 2.10. The van der Waals surface area contributed by atoms with Crippen molar-refractivity contribution in [3.8, 4) is 0 Å². The Labute approximate surface area is 77.4 Å². The molecule has 0 unspecified atom stereocenters. The van der Waals surface area contributed by atoms with E-state index in [0.717, 1.165) is 6.42 Å². The number of hydrogen-bond acceptors (Lipinski definition) is 0. The summed E-state index contributed by atoms with van der Waals surface area (Å²) < 4.78 is 0. The Hall–Kier alpha value is -0.520. The molecular weight excluding hydrogens is 144 g/mol. The van der Waals surface area contributed by atoms with Gasteiger partial charge in [0.2, 0.25) is 0 Å². The van der Waals surface area contributed by atoms with Gasteiger partial charge in [0.25, 0.3) is 0 Å². The summed E-state index contributed by atoms with van der Waals surface area (Å²) in [5.74, 6) is 0. The van der Waals surface area contributed by atoms with Gasteiger partial charge in [0.1, 0.15) is 0 Å². The van der Waals surface area contributed by atoms with Crippen LogP contribution in [-0.4, -0.2) is 0 Å². The van der Waals surface area contributed by atoms with E-state index in [0.29, 0.717) is 0 Å². The summed E-state index contributed by atoms with van der Waals surface area (Å²) in [5.41, 5.74) is 0. The number of rotatable bonds is 7. The summed E-state index contributed by atoms with van der Waals surface area (Å²) in [6.45, 7) is 6.00. The zero-order valence-electron chi connectivity index (χ0n) is 8.26. The van der Waals surface area contributed by atoms with Crippen LogP contribution in [0.4, 0.5) is 0 Å². The smallest absolute Gasteiger partial charge is 0.0348 e. The van der Waals surface area contributed by atoms with Crippen LogP contribution in [0, 0.1) is 6.92 Å². The molecule has 69 valence electrons. The molecule has 0 amide bonds. The standard InChI is InChI=1S/C12H21/c1-3-5-7-9-11-12-10-8-6-4-2/h8,10-12H,1,3-7,9H2,2H3/b10-8+,12-11+. The lowest BCUT2D eigenvalue weighted by Gasteiger charge is -1.89. The molecule has 0 N–H and O–H groups in total. The Balaban J connectivity index is 3.13. The van der Waals surface area contributed by atoms with E-state index < -0.39 is 0 Å². The van der Waals surface area contributed by atoms with E-state index in [-0.39, 0.29) is 0 Å². The topological polar surface area (TPSA) is 0 Å². The largest absolute Gasteiger partial charge is 0.0846 e. The van der Waals surface area contributed by atoms with Gasteiger partial charge in [0.15, 0.2) is 0 Å². The molecule has 0 bridgehead atoms. The first kappa shape index (κ1) is 11.5. The average molecular weight is 165 g/mol. The van der Waals surface area contributed by atoms with Crippen LogP contribution in [0.5, 0.6) is 0 Å². The second-order valence-electron chi connectivity index (χ2n) is 2.99. The van der Waals surface area contributed by atoms with Gasteiger partial charge in [0, 0.05) is 0 Å². The molecule has 0 fully saturated rings. The van der Waals surface area contributed by atoms with Crippen molar-refractivity contribution in [1.82, 2.24) is 0 Å². The van der Waals surface area contributed by atoms with E-state index in [1.165, 1.54) is 32.1 Å². The Kier molecular flexibility index (Phi) is 10.0. The van der Waals surface area contributed by atoms with Gasteiger partial charge < -0.3 is 0 Å². The molecule has 0 heteroatoms. The minimum Gasteiger partial charge on any atom is -0.0846 e. The van der Waals surface area contributed by atoms with Crippen LogP contribution in [0.2, 0.25) is 0 Å². The fourth-order valence-electron chi connectivity index (χ4n) is 0.955.